The highest BCUT2D eigenvalue weighted by Gasteiger charge is 2.47. The van der Waals surface area contributed by atoms with Crippen LogP contribution < -0.4 is 11.1 Å². The minimum absolute atomic E-state index is 0.0197. The predicted molar refractivity (Wildman–Crippen MR) is 32.6 cm³/mol. The third kappa shape index (κ3) is 0.721. The number of carbonyl (C=O) groups excluding carboxylic acids is 1. The lowest BCUT2D eigenvalue weighted by molar-refractivity contribution is -0.119. The highest BCUT2D eigenvalue weighted by atomic mass is 16.1. The van der Waals surface area contributed by atoms with E-state index in [1.54, 1.807) is 0 Å². The van der Waals surface area contributed by atoms with Crippen molar-refractivity contribution < 1.29 is 4.79 Å². The van der Waals surface area contributed by atoms with E-state index in [9.17, 15) is 4.79 Å². The van der Waals surface area contributed by atoms with Crippen LogP contribution in [-0.4, -0.2) is 18.0 Å². The predicted octanol–water partition coefficient (Wildman–Crippen LogP) is -0.778. The van der Waals surface area contributed by atoms with Crippen molar-refractivity contribution in [2.45, 2.75) is 24.9 Å². The molecule has 0 aromatic heterocycles. The van der Waals surface area contributed by atoms with Crippen molar-refractivity contribution in [3.63, 3.8) is 0 Å². The number of piperidine rings is 1. The van der Waals surface area contributed by atoms with E-state index >= 15 is 0 Å². The Kier molecular flexibility index (Phi) is 0.858. The van der Waals surface area contributed by atoms with Gasteiger partial charge in [0.2, 0.25) is 5.91 Å². The lowest BCUT2D eigenvalue weighted by Gasteiger charge is -2.06. The zero-order chi connectivity index (χ0) is 6.43. The van der Waals surface area contributed by atoms with Crippen molar-refractivity contribution in [1.82, 2.24) is 5.32 Å². The molecule has 1 saturated carbocycles. The van der Waals surface area contributed by atoms with Crippen LogP contribution in [0.2, 0.25) is 0 Å². The second-order valence-corrected chi connectivity index (χ2v) is 2.96. The fourth-order valence-corrected chi connectivity index (χ4v) is 1.54. The molecule has 1 heterocycles. The Labute approximate surface area is 53.6 Å². The molecule has 1 aliphatic carbocycles. The van der Waals surface area contributed by atoms with Gasteiger partial charge in [0.25, 0.3) is 0 Å². The summed E-state index contributed by atoms with van der Waals surface area (Å²) in [5, 5.41) is 3.15. The van der Waals surface area contributed by atoms with E-state index in [1.807, 2.05) is 0 Å². The highest BCUT2D eigenvalue weighted by Crippen LogP contribution is 2.40. The van der Waals surface area contributed by atoms with Gasteiger partial charge in [-0.05, 0) is 18.8 Å². The Morgan fingerprint density at radius 2 is 2.33 bits per heavy atom. The van der Waals surface area contributed by atoms with Crippen LogP contribution in [0.4, 0.5) is 0 Å². The number of carbonyl (C=O) groups is 1. The first-order valence-electron chi connectivity index (χ1n) is 3.33. The summed E-state index contributed by atoms with van der Waals surface area (Å²) < 4.78 is 0. The van der Waals surface area contributed by atoms with Gasteiger partial charge in [-0.1, -0.05) is 0 Å². The molecule has 9 heavy (non-hydrogen) atoms. The van der Waals surface area contributed by atoms with Crippen molar-refractivity contribution >= 4 is 5.91 Å². The maximum absolute atomic E-state index is 10.5. The molecule has 0 aromatic rings. The molecule has 3 N–H and O–H groups in total. The van der Waals surface area contributed by atoms with E-state index in [1.165, 1.54) is 6.42 Å². The van der Waals surface area contributed by atoms with Crippen LogP contribution in [0.1, 0.15) is 12.8 Å². The molecule has 0 aromatic carbocycles. The Hall–Kier alpha value is -0.570. The fraction of sp³-hybridized carbons (Fsp3) is 0.833. The zero-order valence-corrected chi connectivity index (χ0v) is 5.13. The molecule has 1 amide bonds. The molecule has 2 aliphatic rings. The minimum Gasteiger partial charge on any atom is -0.368 e. The summed E-state index contributed by atoms with van der Waals surface area (Å²) in [6.45, 7) is 0. The van der Waals surface area contributed by atoms with Crippen molar-refractivity contribution in [1.29, 1.82) is 0 Å². The van der Waals surface area contributed by atoms with E-state index < -0.39 is 0 Å². The van der Waals surface area contributed by atoms with Gasteiger partial charge in [0.05, 0.1) is 6.04 Å². The van der Waals surface area contributed by atoms with Gasteiger partial charge in [-0.25, -0.2) is 0 Å². The summed E-state index contributed by atoms with van der Waals surface area (Å²) in [5.41, 5.74) is 5.08. The Morgan fingerprint density at radius 3 is 2.67 bits per heavy atom. The van der Waals surface area contributed by atoms with Crippen LogP contribution in [0.5, 0.6) is 0 Å². The molecule has 2 fully saturated rings. The van der Waals surface area contributed by atoms with E-state index in [0.29, 0.717) is 6.04 Å². The van der Waals surface area contributed by atoms with Crippen molar-refractivity contribution in [2.75, 3.05) is 0 Å². The van der Waals surface area contributed by atoms with Gasteiger partial charge in [0.15, 0.2) is 0 Å². The average Bonchev–Trinajstić information content (AvgIpc) is 2.40. The standard InChI is InChI=1S/C6H10N2O/c7-6(9)5-2-3-1-4(3)8-5/h3-5,8H,1-2H2,(H2,7,9)/t3?,4-,5?/m0/s1. The fourth-order valence-electron chi connectivity index (χ4n) is 1.54. The number of amides is 1. The minimum atomic E-state index is -0.192. The third-order valence-electron chi connectivity index (χ3n) is 2.22. The van der Waals surface area contributed by atoms with Crippen LogP contribution in [0, 0.1) is 5.92 Å². The summed E-state index contributed by atoms with van der Waals surface area (Å²) in [6.07, 6.45) is 2.23. The Balaban J connectivity index is 1.97. The zero-order valence-electron chi connectivity index (χ0n) is 5.13. The quantitative estimate of drug-likeness (QED) is 0.484. The third-order valence-corrected chi connectivity index (χ3v) is 2.22. The number of primary amides is 1. The van der Waals surface area contributed by atoms with Crippen LogP contribution >= 0.6 is 0 Å². The first-order valence-corrected chi connectivity index (χ1v) is 3.33. The summed E-state index contributed by atoms with van der Waals surface area (Å²) in [5.74, 6) is 0.574. The number of rotatable bonds is 1. The number of hydrogen-bond acceptors (Lipinski definition) is 2. The second-order valence-electron chi connectivity index (χ2n) is 2.96. The summed E-state index contributed by atoms with van der Waals surface area (Å²) >= 11 is 0. The second kappa shape index (κ2) is 1.48. The Morgan fingerprint density at radius 1 is 1.56 bits per heavy atom. The van der Waals surface area contributed by atoms with Gasteiger partial charge < -0.3 is 11.1 Å². The molecule has 50 valence electrons. The molecule has 1 saturated heterocycles. The molecule has 3 atom stereocenters. The summed E-state index contributed by atoms with van der Waals surface area (Å²) in [7, 11) is 0. The van der Waals surface area contributed by atoms with Gasteiger partial charge >= 0.3 is 0 Å². The molecule has 0 bridgehead atoms. The van der Waals surface area contributed by atoms with Crippen molar-refractivity contribution in [2.24, 2.45) is 11.7 Å². The van der Waals surface area contributed by atoms with E-state index in [0.717, 1.165) is 12.3 Å². The van der Waals surface area contributed by atoms with Crippen LogP contribution in [0.15, 0.2) is 0 Å². The van der Waals surface area contributed by atoms with Crippen LogP contribution in [0.3, 0.4) is 0 Å². The number of nitrogens with one attached hydrogen (secondary N) is 1. The molecule has 1 aliphatic heterocycles. The molecule has 0 radical (unpaired) electrons. The number of fused-ring (bicyclic) bond motifs is 1. The topological polar surface area (TPSA) is 55.1 Å². The molecule has 2 unspecified atom stereocenters. The molecule has 0 spiro atoms. The average molecular weight is 126 g/mol. The van der Waals surface area contributed by atoms with E-state index in [-0.39, 0.29) is 11.9 Å². The number of nitrogens with two attached hydrogens (primary N) is 1. The van der Waals surface area contributed by atoms with Gasteiger partial charge in [-0.15, -0.1) is 0 Å². The van der Waals surface area contributed by atoms with Gasteiger partial charge in [-0.2, -0.15) is 0 Å². The highest BCUT2D eigenvalue weighted by molar-refractivity contribution is 5.80. The van der Waals surface area contributed by atoms with Gasteiger partial charge in [0, 0.05) is 6.04 Å². The smallest absolute Gasteiger partial charge is 0.234 e. The van der Waals surface area contributed by atoms with Crippen molar-refractivity contribution in [3.05, 3.63) is 0 Å². The van der Waals surface area contributed by atoms with Crippen LogP contribution in [0.25, 0.3) is 0 Å². The monoisotopic (exact) mass is 126 g/mol. The largest absolute Gasteiger partial charge is 0.368 e. The van der Waals surface area contributed by atoms with Gasteiger partial charge in [-0.3, -0.25) is 4.79 Å². The summed E-state index contributed by atoms with van der Waals surface area (Å²) in [6, 6.07) is 0.608. The summed E-state index contributed by atoms with van der Waals surface area (Å²) in [4.78, 5) is 10.5. The first kappa shape index (κ1) is 5.23. The maximum atomic E-state index is 10.5. The van der Waals surface area contributed by atoms with Gasteiger partial charge in [0.1, 0.15) is 0 Å². The lowest BCUT2D eigenvalue weighted by atomic mass is 10.2. The molecule has 3 heteroatoms. The molecule has 3 nitrogen and oxygen atoms in total. The Bertz CT molecular complexity index is 147. The normalized spacial score (nSPS) is 46.4. The van der Waals surface area contributed by atoms with Crippen molar-refractivity contribution in [3.8, 4) is 0 Å². The SMILES string of the molecule is NC(=O)C1CC2C[C@@H]2N1. The van der Waals surface area contributed by atoms with Crippen LogP contribution in [-0.2, 0) is 4.79 Å². The lowest BCUT2D eigenvalue weighted by Crippen LogP contribution is -2.38. The molecular weight excluding hydrogens is 116 g/mol. The number of hydrogen-bond donors (Lipinski definition) is 2. The molecular formula is C6H10N2O. The van der Waals surface area contributed by atoms with E-state index in [4.69, 9.17) is 5.73 Å². The molecule has 2 rings (SSSR count). The van der Waals surface area contributed by atoms with E-state index in [2.05, 4.69) is 5.32 Å². The first-order chi connectivity index (χ1) is 4.27. The maximum Gasteiger partial charge on any atom is 0.234 e.